The van der Waals surface area contributed by atoms with Gasteiger partial charge in [-0.15, -0.1) is 0 Å². The van der Waals surface area contributed by atoms with Crippen molar-refractivity contribution in [2.75, 3.05) is 13.2 Å². The lowest BCUT2D eigenvalue weighted by atomic mass is 9.87. The summed E-state index contributed by atoms with van der Waals surface area (Å²) in [7, 11) is 1.57. The maximum atomic E-state index is 12.2. The predicted octanol–water partition coefficient (Wildman–Crippen LogP) is 1.43. The fourth-order valence-corrected chi connectivity index (χ4v) is 2.50. The molecule has 0 N–H and O–H groups in total. The molecule has 7 heteroatoms. The summed E-state index contributed by atoms with van der Waals surface area (Å²) in [6.45, 7) is 7.63. The van der Waals surface area contributed by atoms with Crippen LogP contribution in [0.1, 0.15) is 32.8 Å². The first-order valence-corrected chi connectivity index (χ1v) is 7.74. The summed E-state index contributed by atoms with van der Waals surface area (Å²) in [5.41, 5.74) is 1.36. The van der Waals surface area contributed by atoms with Crippen LogP contribution in [0.3, 0.4) is 0 Å². The molecule has 1 aliphatic rings. The predicted molar refractivity (Wildman–Crippen MR) is 85.2 cm³/mol. The van der Waals surface area contributed by atoms with Gasteiger partial charge in [0.15, 0.2) is 0 Å². The molecule has 1 aromatic heterocycles. The first kappa shape index (κ1) is 15.7. The number of nitrogens with zero attached hydrogens (tertiary/aromatic N) is 4. The number of tetrazole rings is 1. The van der Waals surface area contributed by atoms with Crippen molar-refractivity contribution < 1.29 is 9.47 Å². The highest BCUT2D eigenvalue weighted by Crippen LogP contribution is 2.30. The van der Waals surface area contributed by atoms with Gasteiger partial charge in [-0.25, -0.2) is 4.79 Å². The van der Waals surface area contributed by atoms with Crippen LogP contribution in [-0.2, 0) is 17.2 Å². The van der Waals surface area contributed by atoms with Crippen molar-refractivity contribution >= 4 is 0 Å². The summed E-state index contributed by atoms with van der Waals surface area (Å²) in [6.07, 6.45) is 0.845. The third kappa shape index (κ3) is 3.14. The Morgan fingerprint density at radius 1 is 1.30 bits per heavy atom. The number of hydrogen-bond acceptors (Lipinski definition) is 5. The molecule has 1 atom stereocenters. The highest BCUT2D eigenvalue weighted by atomic mass is 16.5. The molecule has 7 nitrogen and oxygen atoms in total. The van der Waals surface area contributed by atoms with Crippen LogP contribution in [0.15, 0.2) is 23.0 Å². The average Bonchev–Trinajstić information content (AvgIpc) is 3.10. The van der Waals surface area contributed by atoms with Gasteiger partial charge in [0, 0.05) is 13.5 Å². The molecule has 1 saturated heterocycles. The lowest BCUT2D eigenvalue weighted by Gasteiger charge is -2.22. The molecule has 1 fully saturated rings. The Hall–Kier alpha value is -2.15. The minimum Gasteiger partial charge on any atom is -0.486 e. The molecule has 0 spiro atoms. The van der Waals surface area contributed by atoms with Crippen molar-refractivity contribution in [3.8, 4) is 11.4 Å². The van der Waals surface area contributed by atoms with Crippen molar-refractivity contribution in [2.45, 2.75) is 38.7 Å². The Morgan fingerprint density at radius 3 is 2.65 bits per heavy atom. The third-order valence-corrected chi connectivity index (χ3v) is 3.96. The lowest BCUT2D eigenvalue weighted by Crippen LogP contribution is -2.24. The molecule has 0 saturated carbocycles. The van der Waals surface area contributed by atoms with Crippen molar-refractivity contribution in [3.63, 3.8) is 0 Å². The molecule has 2 aromatic rings. The number of ether oxygens (including phenoxy) is 2. The molecule has 0 unspecified atom stereocenters. The van der Waals surface area contributed by atoms with E-state index in [0.717, 1.165) is 12.0 Å². The average molecular weight is 318 g/mol. The fraction of sp³-hybridized carbons (Fsp3) is 0.562. The Kier molecular flexibility index (Phi) is 3.97. The maximum Gasteiger partial charge on any atom is 0.368 e. The van der Waals surface area contributed by atoms with Crippen molar-refractivity contribution in [1.29, 1.82) is 0 Å². The summed E-state index contributed by atoms with van der Waals surface area (Å²) in [5.74, 6) is 0.621. The van der Waals surface area contributed by atoms with Crippen LogP contribution >= 0.6 is 0 Å². The molecule has 124 valence electrons. The van der Waals surface area contributed by atoms with E-state index in [0.29, 0.717) is 24.7 Å². The number of benzene rings is 1. The first-order chi connectivity index (χ1) is 10.9. The van der Waals surface area contributed by atoms with Gasteiger partial charge in [-0.05, 0) is 33.5 Å². The van der Waals surface area contributed by atoms with Gasteiger partial charge < -0.3 is 9.47 Å². The van der Waals surface area contributed by atoms with Gasteiger partial charge in [0.1, 0.15) is 17.5 Å². The van der Waals surface area contributed by atoms with Crippen molar-refractivity contribution in [3.05, 3.63) is 34.2 Å². The largest absolute Gasteiger partial charge is 0.486 e. The van der Waals surface area contributed by atoms with Crippen LogP contribution in [0.2, 0.25) is 0 Å². The third-order valence-electron chi connectivity index (χ3n) is 3.96. The number of aryl methyl sites for hydroxylation is 1. The van der Waals surface area contributed by atoms with E-state index in [1.54, 1.807) is 7.05 Å². The summed E-state index contributed by atoms with van der Waals surface area (Å²) >= 11 is 0. The highest BCUT2D eigenvalue weighted by Gasteiger charge is 2.23. The highest BCUT2D eigenvalue weighted by molar-refractivity contribution is 5.49. The summed E-state index contributed by atoms with van der Waals surface area (Å²) in [4.78, 5) is 12.2. The Labute approximate surface area is 134 Å². The molecule has 3 rings (SSSR count). The van der Waals surface area contributed by atoms with E-state index >= 15 is 0 Å². The first-order valence-electron chi connectivity index (χ1n) is 7.74. The van der Waals surface area contributed by atoms with Crippen LogP contribution in [0.4, 0.5) is 0 Å². The van der Waals surface area contributed by atoms with E-state index in [4.69, 9.17) is 9.47 Å². The molecule has 2 heterocycles. The number of aromatic nitrogens is 4. The molecule has 0 aliphatic carbocycles. The van der Waals surface area contributed by atoms with E-state index in [1.807, 2.05) is 18.2 Å². The van der Waals surface area contributed by atoms with E-state index in [-0.39, 0.29) is 17.2 Å². The van der Waals surface area contributed by atoms with Crippen molar-refractivity contribution in [1.82, 2.24) is 19.8 Å². The fourth-order valence-electron chi connectivity index (χ4n) is 2.50. The van der Waals surface area contributed by atoms with Gasteiger partial charge in [0.2, 0.25) is 0 Å². The van der Waals surface area contributed by atoms with Crippen LogP contribution in [0.5, 0.6) is 5.75 Å². The molecule has 1 aliphatic heterocycles. The topological polar surface area (TPSA) is 71.2 Å². The van der Waals surface area contributed by atoms with E-state index < -0.39 is 0 Å². The summed E-state index contributed by atoms with van der Waals surface area (Å²) < 4.78 is 13.9. The minimum absolute atomic E-state index is 0.00149. The Bertz CT molecular complexity index is 751. The molecular formula is C16H22N4O3. The monoisotopic (exact) mass is 318 g/mol. The van der Waals surface area contributed by atoms with E-state index in [9.17, 15) is 4.79 Å². The zero-order valence-corrected chi connectivity index (χ0v) is 13.9. The second kappa shape index (κ2) is 5.81. The van der Waals surface area contributed by atoms with Crippen molar-refractivity contribution in [2.24, 2.45) is 7.05 Å². The molecule has 1 aromatic carbocycles. The Morgan fingerprint density at radius 2 is 2.09 bits per heavy atom. The number of rotatable bonds is 3. The van der Waals surface area contributed by atoms with Gasteiger partial charge in [-0.1, -0.05) is 26.8 Å². The van der Waals surface area contributed by atoms with Gasteiger partial charge in [-0.2, -0.15) is 9.36 Å². The lowest BCUT2D eigenvalue weighted by molar-refractivity contribution is 0.141. The van der Waals surface area contributed by atoms with Crippen LogP contribution in [0, 0.1) is 0 Å². The molecule has 0 bridgehead atoms. The zero-order chi connectivity index (χ0) is 16.6. The van der Waals surface area contributed by atoms with E-state index in [2.05, 4.69) is 31.2 Å². The van der Waals surface area contributed by atoms with Gasteiger partial charge in [0.25, 0.3) is 0 Å². The second-order valence-electron chi connectivity index (χ2n) is 6.83. The van der Waals surface area contributed by atoms with E-state index in [1.165, 1.54) is 9.36 Å². The quantitative estimate of drug-likeness (QED) is 0.856. The SMILES string of the molecule is Cn1nnn(-c2cc(C(C)(C)C)ccc2O[C@@H]2CCOC2)c1=O. The van der Waals surface area contributed by atoms with Gasteiger partial charge >= 0.3 is 5.69 Å². The minimum atomic E-state index is -0.302. The second-order valence-corrected chi connectivity index (χ2v) is 6.83. The maximum absolute atomic E-state index is 12.2. The van der Waals surface area contributed by atoms with Crippen LogP contribution in [0.25, 0.3) is 5.69 Å². The zero-order valence-electron chi connectivity index (χ0n) is 13.9. The number of hydrogen-bond donors (Lipinski definition) is 0. The molecular weight excluding hydrogens is 296 g/mol. The Balaban J connectivity index is 2.07. The molecule has 0 amide bonds. The van der Waals surface area contributed by atoms with Crippen LogP contribution < -0.4 is 10.4 Å². The molecule has 23 heavy (non-hydrogen) atoms. The molecule has 0 radical (unpaired) electrons. The standard InChI is InChI=1S/C16H22N4O3/c1-16(2,3)11-5-6-14(23-12-7-8-22-10-12)13(9-11)20-15(21)19(4)17-18-20/h5-6,9,12H,7-8,10H2,1-4H3/t12-/m1/s1. The normalized spacial score (nSPS) is 18.3. The van der Waals surface area contributed by atoms with Gasteiger partial charge in [-0.3, -0.25) is 0 Å². The summed E-state index contributed by atoms with van der Waals surface area (Å²) in [6, 6.07) is 5.87. The van der Waals surface area contributed by atoms with Crippen LogP contribution in [-0.4, -0.2) is 39.1 Å². The van der Waals surface area contributed by atoms with Gasteiger partial charge in [0.05, 0.1) is 13.2 Å². The summed E-state index contributed by atoms with van der Waals surface area (Å²) in [5, 5.41) is 7.74. The smallest absolute Gasteiger partial charge is 0.368 e.